The van der Waals surface area contributed by atoms with Gasteiger partial charge in [-0.3, -0.25) is 14.2 Å². The third-order valence-electron chi connectivity index (χ3n) is 5.22. The molecule has 7 heteroatoms. The monoisotopic (exact) mass is 442 g/mol. The molecule has 32 heavy (non-hydrogen) atoms. The molecule has 0 aliphatic rings. The first kappa shape index (κ1) is 21.3. The molecule has 0 unspecified atom stereocenters. The molecule has 0 spiro atoms. The van der Waals surface area contributed by atoms with Gasteiger partial charge in [-0.05, 0) is 42.3 Å². The van der Waals surface area contributed by atoms with Gasteiger partial charge in [-0.2, -0.15) is 5.26 Å². The lowest BCUT2D eigenvalue weighted by Gasteiger charge is -2.24. The van der Waals surface area contributed by atoms with Crippen molar-refractivity contribution in [2.75, 3.05) is 4.90 Å². The van der Waals surface area contributed by atoms with Crippen molar-refractivity contribution in [1.29, 1.82) is 5.26 Å². The van der Waals surface area contributed by atoms with Gasteiger partial charge in [0.25, 0.3) is 5.56 Å². The van der Waals surface area contributed by atoms with Gasteiger partial charge in [0.2, 0.25) is 5.91 Å². The van der Waals surface area contributed by atoms with E-state index in [9.17, 15) is 14.9 Å². The minimum Gasteiger partial charge on any atom is -0.305 e. The zero-order chi connectivity index (χ0) is 22.7. The van der Waals surface area contributed by atoms with Crippen molar-refractivity contribution in [3.8, 4) is 6.07 Å². The topological polar surface area (TPSA) is 79.0 Å². The number of aryl methyl sites for hydroxylation is 1. The van der Waals surface area contributed by atoms with E-state index >= 15 is 0 Å². The lowest BCUT2D eigenvalue weighted by Crippen LogP contribution is -2.36. The summed E-state index contributed by atoms with van der Waals surface area (Å²) in [5.74, 6) is -0.358. The van der Waals surface area contributed by atoms with Gasteiger partial charge in [0.05, 0.1) is 35.0 Å². The summed E-state index contributed by atoms with van der Waals surface area (Å²) in [6.07, 6.45) is 1.39. The second kappa shape index (κ2) is 9.04. The zero-order valence-electron chi connectivity index (χ0n) is 17.3. The summed E-state index contributed by atoms with van der Waals surface area (Å²) in [5.41, 5.74) is 2.80. The number of hydrogen-bond donors (Lipinski definition) is 0. The van der Waals surface area contributed by atoms with Gasteiger partial charge in [0.15, 0.2) is 0 Å². The van der Waals surface area contributed by atoms with Crippen molar-refractivity contribution >= 4 is 34.1 Å². The Hall–Kier alpha value is -3.95. The molecule has 0 saturated heterocycles. The summed E-state index contributed by atoms with van der Waals surface area (Å²) in [6.45, 7) is 1.89. The summed E-state index contributed by atoms with van der Waals surface area (Å²) in [6, 6.07) is 21.7. The number of carbonyl (C=O) groups is 1. The van der Waals surface area contributed by atoms with E-state index in [0.29, 0.717) is 27.2 Å². The molecule has 0 atom stereocenters. The van der Waals surface area contributed by atoms with Gasteiger partial charge in [0.1, 0.15) is 12.6 Å². The van der Waals surface area contributed by atoms with Gasteiger partial charge in [-0.1, -0.05) is 54.1 Å². The second-order valence-corrected chi connectivity index (χ2v) is 7.82. The van der Waals surface area contributed by atoms with E-state index in [-0.39, 0.29) is 24.6 Å². The number of hydrogen-bond acceptors (Lipinski definition) is 4. The number of rotatable bonds is 5. The van der Waals surface area contributed by atoms with E-state index in [1.165, 1.54) is 15.8 Å². The van der Waals surface area contributed by atoms with Crippen molar-refractivity contribution in [1.82, 2.24) is 9.55 Å². The Kier molecular flexibility index (Phi) is 6.02. The maximum Gasteiger partial charge on any atom is 0.261 e. The summed E-state index contributed by atoms with van der Waals surface area (Å²) in [4.78, 5) is 32.3. The maximum absolute atomic E-state index is 13.4. The number of nitrogens with zero attached hydrogens (tertiary/aromatic N) is 4. The summed E-state index contributed by atoms with van der Waals surface area (Å²) in [7, 11) is 0. The number of carbonyl (C=O) groups excluding carboxylic acids is 1. The van der Waals surface area contributed by atoms with E-state index in [0.717, 1.165) is 11.1 Å². The van der Waals surface area contributed by atoms with E-state index in [2.05, 4.69) is 11.1 Å². The van der Waals surface area contributed by atoms with Crippen LogP contribution >= 0.6 is 11.6 Å². The largest absolute Gasteiger partial charge is 0.305 e. The Morgan fingerprint density at radius 1 is 1.12 bits per heavy atom. The van der Waals surface area contributed by atoms with Gasteiger partial charge in [-0.15, -0.1) is 0 Å². The van der Waals surface area contributed by atoms with Crippen LogP contribution in [-0.2, 0) is 17.9 Å². The van der Waals surface area contributed by atoms with Crippen LogP contribution in [0.1, 0.15) is 16.7 Å². The highest BCUT2D eigenvalue weighted by atomic mass is 35.5. The lowest BCUT2D eigenvalue weighted by atomic mass is 10.1. The fourth-order valence-electron chi connectivity index (χ4n) is 3.58. The highest BCUT2D eigenvalue weighted by Crippen LogP contribution is 2.26. The number of benzene rings is 3. The lowest BCUT2D eigenvalue weighted by molar-refractivity contribution is -0.119. The van der Waals surface area contributed by atoms with Gasteiger partial charge in [-0.25, -0.2) is 4.98 Å². The standard InChI is InChI=1S/C25H19ClN4O2/c1-17-6-5-9-21-24(17)28-16-29(25(21)32)15-23(31)30(14-18-7-3-2-4-8-18)22-12-20(26)11-10-19(22)13-27/h2-12,16H,14-15H2,1H3. The van der Waals surface area contributed by atoms with Crippen LogP contribution in [0.5, 0.6) is 0 Å². The molecule has 0 radical (unpaired) electrons. The molecular weight excluding hydrogens is 424 g/mol. The molecular formula is C25H19ClN4O2. The summed E-state index contributed by atoms with van der Waals surface area (Å²) in [5, 5.41) is 10.4. The Morgan fingerprint density at radius 2 is 1.91 bits per heavy atom. The van der Waals surface area contributed by atoms with Gasteiger partial charge >= 0.3 is 0 Å². The molecule has 158 valence electrons. The van der Waals surface area contributed by atoms with Crippen molar-refractivity contribution in [2.24, 2.45) is 0 Å². The summed E-state index contributed by atoms with van der Waals surface area (Å²) < 4.78 is 1.29. The van der Waals surface area contributed by atoms with Crippen molar-refractivity contribution in [3.05, 3.63) is 105 Å². The Bertz CT molecular complexity index is 1410. The zero-order valence-corrected chi connectivity index (χ0v) is 18.1. The van der Waals surface area contributed by atoms with Crippen LogP contribution in [0.4, 0.5) is 5.69 Å². The van der Waals surface area contributed by atoms with E-state index < -0.39 is 0 Å². The van der Waals surface area contributed by atoms with Crippen molar-refractivity contribution in [3.63, 3.8) is 0 Å². The van der Waals surface area contributed by atoms with Crippen LogP contribution < -0.4 is 10.5 Å². The number of nitriles is 1. The Morgan fingerprint density at radius 3 is 2.66 bits per heavy atom. The average molecular weight is 443 g/mol. The van der Waals surface area contributed by atoms with Crippen LogP contribution in [0.3, 0.4) is 0 Å². The number of para-hydroxylation sites is 1. The van der Waals surface area contributed by atoms with Crippen molar-refractivity contribution in [2.45, 2.75) is 20.0 Å². The van der Waals surface area contributed by atoms with Crippen molar-refractivity contribution < 1.29 is 4.79 Å². The first-order valence-corrected chi connectivity index (χ1v) is 10.3. The Balaban J connectivity index is 1.75. The molecule has 0 bridgehead atoms. The number of amides is 1. The molecule has 3 aromatic carbocycles. The van der Waals surface area contributed by atoms with Crippen LogP contribution in [-0.4, -0.2) is 15.5 Å². The number of fused-ring (bicyclic) bond motifs is 1. The number of halogens is 1. The van der Waals surface area contributed by atoms with Crippen LogP contribution in [0.25, 0.3) is 10.9 Å². The molecule has 1 amide bonds. The van der Waals surface area contributed by atoms with Crippen LogP contribution in [0.15, 0.2) is 77.9 Å². The minimum absolute atomic E-state index is 0.222. The molecule has 1 heterocycles. The van der Waals surface area contributed by atoms with Crippen LogP contribution in [0.2, 0.25) is 5.02 Å². The molecule has 0 fully saturated rings. The summed E-state index contributed by atoms with van der Waals surface area (Å²) >= 11 is 6.18. The van der Waals surface area contributed by atoms with E-state index in [1.54, 1.807) is 30.3 Å². The Labute approximate surface area is 189 Å². The third kappa shape index (κ3) is 4.25. The fourth-order valence-corrected chi connectivity index (χ4v) is 3.74. The molecule has 0 N–H and O–H groups in total. The second-order valence-electron chi connectivity index (χ2n) is 7.39. The quantitative estimate of drug-likeness (QED) is 0.457. The highest BCUT2D eigenvalue weighted by molar-refractivity contribution is 6.31. The predicted molar refractivity (Wildman–Crippen MR) is 125 cm³/mol. The first-order chi connectivity index (χ1) is 15.5. The van der Waals surface area contributed by atoms with E-state index in [1.807, 2.05) is 43.3 Å². The molecule has 4 aromatic rings. The average Bonchev–Trinajstić information content (AvgIpc) is 2.80. The van der Waals surface area contributed by atoms with E-state index in [4.69, 9.17) is 11.6 Å². The molecule has 6 nitrogen and oxygen atoms in total. The number of anilines is 1. The smallest absolute Gasteiger partial charge is 0.261 e. The molecule has 0 saturated carbocycles. The normalized spacial score (nSPS) is 10.7. The molecule has 1 aromatic heterocycles. The minimum atomic E-state index is -0.358. The van der Waals surface area contributed by atoms with Gasteiger partial charge in [0, 0.05) is 5.02 Å². The van der Waals surface area contributed by atoms with Crippen LogP contribution in [0, 0.1) is 18.3 Å². The maximum atomic E-state index is 13.4. The SMILES string of the molecule is Cc1cccc2c(=O)n(CC(=O)N(Cc3ccccc3)c3cc(Cl)ccc3C#N)cnc12. The molecule has 0 aliphatic heterocycles. The molecule has 4 rings (SSSR count). The van der Waals surface area contributed by atoms with Gasteiger partial charge < -0.3 is 4.90 Å². The third-order valence-corrected chi connectivity index (χ3v) is 5.45. The fraction of sp³-hybridized carbons (Fsp3) is 0.120. The first-order valence-electron chi connectivity index (χ1n) is 9.96. The predicted octanol–water partition coefficient (Wildman–Crippen LogP) is 4.46. The highest BCUT2D eigenvalue weighted by Gasteiger charge is 2.21. The molecule has 0 aliphatic carbocycles. The number of aromatic nitrogens is 2.